The van der Waals surface area contributed by atoms with E-state index < -0.39 is 5.91 Å². The lowest BCUT2D eigenvalue weighted by Crippen LogP contribution is -2.13. The largest absolute Gasteiger partial charge is 0.438 e. The number of benzene rings is 1. The number of hydrogen-bond acceptors (Lipinski definition) is 4. The van der Waals surface area contributed by atoms with E-state index in [2.05, 4.69) is 10.3 Å². The summed E-state index contributed by atoms with van der Waals surface area (Å²) < 4.78 is 4.97. The number of halogens is 1. The van der Waals surface area contributed by atoms with Gasteiger partial charge in [-0.2, -0.15) is 0 Å². The summed E-state index contributed by atoms with van der Waals surface area (Å²) in [5, 5.41) is 3.10. The second-order valence-corrected chi connectivity index (χ2v) is 3.89. The highest BCUT2D eigenvalue weighted by Gasteiger charge is 2.15. The highest BCUT2D eigenvalue weighted by Crippen LogP contribution is 2.23. The summed E-state index contributed by atoms with van der Waals surface area (Å²) in [6, 6.07) is 4.83. The van der Waals surface area contributed by atoms with Gasteiger partial charge in [0.25, 0.3) is 5.91 Å². The molecule has 1 amide bonds. The van der Waals surface area contributed by atoms with Gasteiger partial charge in [-0.25, -0.2) is 4.98 Å². The topological polar surface area (TPSA) is 81.2 Å². The minimum atomic E-state index is -0.408. The monoisotopic (exact) mass is 251 g/mol. The molecule has 1 heterocycles. The number of nitrogen functional groups attached to an aromatic ring is 1. The predicted octanol–water partition coefficient (Wildman–Crippen LogP) is 2.47. The standard InChI is InChI=1S/C11H10ClN3O2/c1-6-10(17-5-14-6)11(16)15-9-4-7(12)2-3-8(9)13/h2-5H,13H2,1H3,(H,15,16). The van der Waals surface area contributed by atoms with E-state index in [4.69, 9.17) is 21.8 Å². The fourth-order valence-electron chi connectivity index (χ4n) is 1.34. The number of nitrogens with one attached hydrogen (secondary N) is 1. The second kappa shape index (κ2) is 4.47. The minimum Gasteiger partial charge on any atom is -0.438 e. The van der Waals surface area contributed by atoms with Crippen molar-refractivity contribution in [2.45, 2.75) is 6.92 Å². The van der Waals surface area contributed by atoms with Crippen LogP contribution in [0.1, 0.15) is 16.2 Å². The molecular formula is C11H10ClN3O2. The Hall–Kier alpha value is -2.01. The Labute approximate surface area is 103 Å². The summed E-state index contributed by atoms with van der Waals surface area (Å²) in [6.07, 6.45) is 1.21. The Morgan fingerprint density at radius 3 is 2.94 bits per heavy atom. The summed E-state index contributed by atoms with van der Waals surface area (Å²) in [5.41, 5.74) is 7.10. The molecule has 88 valence electrons. The lowest BCUT2D eigenvalue weighted by molar-refractivity contribution is 0.0996. The maximum atomic E-state index is 11.8. The molecule has 0 aliphatic rings. The molecule has 1 aromatic carbocycles. The lowest BCUT2D eigenvalue weighted by atomic mass is 10.2. The third kappa shape index (κ3) is 2.39. The van der Waals surface area contributed by atoms with E-state index in [0.717, 1.165) is 0 Å². The van der Waals surface area contributed by atoms with Gasteiger partial charge in [0.05, 0.1) is 17.1 Å². The Balaban J connectivity index is 2.24. The van der Waals surface area contributed by atoms with Crippen LogP contribution in [0.4, 0.5) is 11.4 Å². The molecular weight excluding hydrogens is 242 g/mol. The van der Waals surface area contributed by atoms with Gasteiger partial charge in [0, 0.05) is 5.02 Å². The first-order valence-electron chi connectivity index (χ1n) is 4.84. The van der Waals surface area contributed by atoms with E-state index in [9.17, 15) is 4.79 Å². The third-order valence-corrected chi connectivity index (χ3v) is 2.45. The van der Waals surface area contributed by atoms with Crippen molar-refractivity contribution < 1.29 is 9.21 Å². The quantitative estimate of drug-likeness (QED) is 0.804. The van der Waals surface area contributed by atoms with Gasteiger partial charge in [-0.3, -0.25) is 4.79 Å². The number of nitrogens with zero attached hydrogens (tertiary/aromatic N) is 1. The molecule has 0 fully saturated rings. The number of amides is 1. The van der Waals surface area contributed by atoms with Crippen LogP contribution in [0.3, 0.4) is 0 Å². The van der Waals surface area contributed by atoms with Gasteiger partial charge >= 0.3 is 0 Å². The van der Waals surface area contributed by atoms with Gasteiger partial charge in [-0.15, -0.1) is 0 Å². The number of rotatable bonds is 2. The highest BCUT2D eigenvalue weighted by molar-refractivity contribution is 6.31. The average molecular weight is 252 g/mol. The normalized spacial score (nSPS) is 10.2. The van der Waals surface area contributed by atoms with Crippen LogP contribution in [0.25, 0.3) is 0 Å². The van der Waals surface area contributed by atoms with E-state index in [-0.39, 0.29) is 5.76 Å². The number of oxazole rings is 1. The lowest BCUT2D eigenvalue weighted by Gasteiger charge is -2.07. The third-order valence-electron chi connectivity index (χ3n) is 2.22. The van der Waals surface area contributed by atoms with E-state index in [1.807, 2.05) is 0 Å². The van der Waals surface area contributed by atoms with Crippen molar-refractivity contribution in [3.8, 4) is 0 Å². The van der Waals surface area contributed by atoms with Crippen LogP contribution < -0.4 is 11.1 Å². The summed E-state index contributed by atoms with van der Waals surface area (Å²) in [7, 11) is 0. The van der Waals surface area contributed by atoms with Gasteiger partial charge in [0.1, 0.15) is 0 Å². The van der Waals surface area contributed by atoms with Crippen molar-refractivity contribution in [3.63, 3.8) is 0 Å². The molecule has 0 unspecified atom stereocenters. The van der Waals surface area contributed by atoms with Gasteiger partial charge in [0.15, 0.2) is 6.39 Å². The zero-order valence-corrected chi connectivity index (χ0v) is 9.78. The summed E-state index contributed by atoms with van der Waals surface area (Å²) >= 11 is 5.81. The summed E-state index contributed by atoms with van der Waals surface area (Å²) in [6.45, 7) is 1.68. The van der Waals surface area contributed by atoms with Gasteiger partial charge in [-0.05, 0) is 25.1 Å². The number of anilines is 2. The van der Waals surface area contributed by atoms with Crippen LogP contribution in [-0.2, 0) is 0 Å². The fourth-order valence-corrected chi connectivity index (χ4v) is 1.51. The molecule has 2 aromatic rings. The molecule has 0 radical (unpaired) electrons. The number of nitrogens with two attached hydrogens (primary N) is 1. The van der Waals surface area contributed by atoms with Gasteiger partial charge < -0.3 is 15.5 Å². The maximum absolute atomic E-state index is 11.8. The van der Waals surface area contributed by atoms with Crippen molar-refractivity contribution in [1.29, 1.82) is 0 Å². The Kier molecular flexibility index (Phi) is 3.01. The van der Waals surface area contributed by atoms with Crippen LogP contribution >= 0.6 is 11.6 Å². The van der Waals surface area contributed by atoms with E-state index in [1.54, 1.807) is 25.1 Å². The molecule has 0 saturated carbocycles. The summed E-state index contributed by atoms with van der Waals surface area (Å²) in [4.78, 5) is 15.7. The number of aromatic nitrogens is 1. The average Bonchev–Trinajstić information content (AvgIpc) is 2.70. The van der Waals surface area contributed by atoms with E-state index in [0.29, 0.717) is 22.1 Å². The molecule has 6 heteroatoms. The van der Waals surface area contributed by atoms with Gasteiger partial charge in [0.2, 0.25) is 5.76 Å². The highest BCUT2D eigenvalue weighted by atomic mass is 35.5. The molecule has 2 rings (SSSR count). The SMILES string of the molecule is Cc1ncoc1C(=O)Nc1cc(Cl)ccc1N. The van der Waals surface area contributed by atoms with Crippen LogP contribution in [0.15, 0.2) is 29.0 Å². The summed E-state index contributed by atoms with van der Waals surface area (Å²) in [5.74, 6) is -0.252. The molecule has 0 saturated heterocycles. The van der Waals surface area contributed by atoms with Crippen molar-refractivity contribution >= 4 is 28.9 Å². The van der Waals surface area contributed by atoms with Crippen molar-refractivity contribution in [2.24, 2.45) is 0 Å². The number of aryl methyl sites for hydroxylation is 1. The van der Waals surface area contributed by atoms with Crippen LogP contribution in [-0.4, -0.2) is 10.9 Å². The molecule has 17 heavy (non-hydrogen) atoms. The zero-order chi connectivity index (χ0) is 12.4. The van der Waals surface area contributed by atoms with E-state index >= 15 is 0 Å². The first-order chi connectivity index (χ1) is 8.08. The molecule has 3 N–H and O–H groups in total. The molecule has 1 aromatic heterocycles. The maximum Gasteiger partial charge on any atom is 0.293 e. The Morgan fingerprint density at radius 2 is 2.29 bits per heavy atom. The van der Waals surface area contributed by atoms with Crippen LogP contribution in [0.5, 0.6) is 0 Å². The molecule has 0 aliphatic heterocycles. The van der Waals surface area contributed by atoms with Crippen LogP contribution in [0.2, 0.25) is 5.02 Å². The zero-order valence-electron chi connectivity index (χ0n) is 9.03. The Morgan fingerprint density at radius 1 is 1.53 bits per heavy atom. The minimum absolute atomic E-state index is 0.157. The van der Waals surface area contributed by atoms with Crippen molar-refractivity contribution in [3.05, 3.63) is 41.1 Å². The van der Waals surface area contributed by atoms with Crippen molar-refractivity contribution in [1.82, 2.24) is 4.98 Å². The number of carbonyl (C=O) groups excluding carboxylic acids is 1. The predicted molar refractivity (Wildman–Crippen MR) is 65.1 cm³/mol. The van der Waals surface area contributed by atoms with Crippen LogP contribution in [0, 0.1) is 6.92 Å². The van der Waals surface area contributed by atoms with Crippen molar-refractivity contribution in [2.75, 3.05) is 11.1 Å². The second-order valence-electron chi connectivity index (χ2n) is 3.45. The molecule has 0 atom stereocenters. The molecule has 0 bridgehead atoms. The molecule has 0 aliphatic carbocycles. The Bertz CT molecular complexity index is 566. The molecule has 5 nitrogen and oxygen atoms in total. The fraction of sp³-hybridized carbons (Fsp3) is 0.0909. The molecule has 0 spiro atoms. The first kappa shape index (κ1) is 11.5. The number of hydrogen-bond donors (Lipinski definition) is 2. The first-order valence-corrected chi connectivity index (χ1v) is 5.22. The smallest absolute Gasteiger partial charge is 0.293 e. The number of carbonyl (C=O) groups is 1. The van der Waals surface area contributed by atoms with E-state index in [1.165, 1.54) is 6.39 Å². The van der Waals surface area contributed by atoms with Gasteiger partial charge in [-0.1, -0.05) is 11.6 Å².